The summed E-state index contributed by atoms with van der Waals surface area (Å²) in [5.41, 5.74) is -0.132. The van der Waals surface area contributed by atoms with Gasteiger partial charge in [-0.3, -0.25) is 4.72 Å². The molecule has 154 valence electrons. The lowest BCUT2D eigenvalue weighted by molar-refractivity contribution is -0.134. The van der Waals surface area contributed by atoms with Crippen LogP contribution in [0.15, 0.2) is 60.7 Å². The molecule has 29 heavy (non-hydrogen) atoms. The molecule has 1 N–H and O–H groups in total. The third kappa shape index (κ3) is 6.08. The maximum absolute atomic E-state index is 14.0. The average Bonchev–Trinajstić information content (AvgIpc) is 2.59. The van der Waals surface area contributed by atoms with Gasteiger partial charge in [0.15, 0.2) is 0 Å². The highest BCUT2D eigenvalue weighted by Gasteiger charge is 2.27. The zero-order valence-corrected chi connectivity index (χ0v) is 15.9. The summed E-state index contributed by atoms with van der Waals surface area (Å²) in [6, 6.07) is 16.0. The van der Waals surface area contributed by atoms with E-state index < -0.39 is 40.6 Å². The highest BCUT2D eigenvalue weighted by molar-refractivity contribution is 7.92. The second-order valence-corrected chi connectivity index (χ2v) is 8.24. The SMILES string of the molecule is O=S(=O)(CCCC(F)(F)F)Nc1cc(F)cc(Oc2cccc3ccccc23)c1. The third-order valence-electron chi connectivity index (χ3n) is 4.00. The van der Waals surface area contributed by atoms with E-state index in [-0.39, 0.29) is 11.4 Å². The monoisotopic (exact) mass is 427 g/mol. The molecule has 0 aromatic heterocycles. The number of benzene rings is 3. The zero-order chi connectivity index (χ0) is 21.1. The molecule has 0 saturated carbocycles. The van der Waals surface area contributed by atoms with Gasteiger partial charge in [-0.05, 0) is 23.9 Å². The van der Waals surface area contributed by atoms with Crippen LogP contribution < -0.4 is 9.46 Å². The largest absolute Gasteiger partial charge is 0.457 e. The number of alkyl halides is 3. The Kier molecular flexibility index (Phi) is 5.97. The summed E-state index contributed by atoms with van der Waals surface area (Å²) in [4.78, 5) is 0. The molecule has 0 atom stereocenters. The van der Waals surface area contributed by atoms with Gasteiger partial charge in [-0.25, -0.2) is 12.8 Å². The van der Waals surface area contributed by atoms with Crippen molar-refractivity contribution in [2.45, 2.75) is 19.0 Å². The molecule has 0 heterocycles. The molecule has 0 spiro atoms. The molecule has 0 amide bonds. The number of fused-ring (bicyclic) bond motifs is 1. The molecule has 4 nitrogen and oxygen atoms in total. The van der Waals surface area contributed by atoms with E-state index in [1.807, 2.05) is 30.3 Å². The van der Waals surface area contributed by atoms with E-state index in [0.717, 1.165) is 22.9 Å². The number of anilines is 1. The Bertz CT molecular complexity index is 1110. The minimum absolute atomic E-state index is 0.0503. The Labute approximate surface area is 165 Å². The third-order valence-corrected chi connectivity index (χ3v) is 5.37. The lowest BCUT2D eigenvalue weighted by Gasteiger charge is -2.12. The average molecular weight is 427 g/mol. The standard InChI is InChI=1S/C20H17F4NO3S/c21-15-11-16(25-29(26,27)10-4-9-20(22,23)24)13-17(12-15)28-19-8-3-6-14-5-1-2-7-18(14)19/h1-3,5-8,11-13,25H,4,9-10H2. The molecular weight excluding hydrogens is 410 g/mol. The summed E-state index contributed by atoms with van der Waals surface area (Å²) in [5, 5.41) is 1.69. The molecule has 0 bridgehead atoms. The van der Waals surface area contributed by atoms with Crippen LogP contribution in [0, 0.1) is 5.82 Å². The first-order valence-corrected chi connectivity index (χ1v) is 10.3. The van der Waals surface area contributed by atoms with Crippen molar-refractivity contribution in [1.82, 2.24) is 0 Å². The molecule has 3 rings (SSSR count). The number of ether oxygens (including phenoxy) is 1. The van der Waals surface area contributed by atoms with Crippen molar-refractivity contribution in [1.29, 1.82) is 0 Å². The zero-order valence-electron chi connectivity index (χ0n) is 15.0. The van der Waals surface area contributed by atoms with Crippen LogP contribution in [-0.2, 0) is 10.0 Å². The highest BCUT2D eigenvalue weighted by Crippen LogP contribution is 2.32. The topological polar surface area (TPSA) is 55.4 Å². The van der Waals surface area contributed by atoms with Gasteiger partial charge in [-0.1, -0.05) is 36.4 Å². The van der Waals surface area contributed by atoms with E-state index >= 15 is 0 Å². The molecule has 9 heteroatoms. The number of rotatable bonds is 7. The molecule has 0 fully saturated rings. The predicted octanol–water partition coefficient (Wildman–Crippen LogP) is 5.86. The second-order valence-electron chi connectivity index (χ2n) is 6.39. The summed E-state index contributed by atoms with van der Waals surface area (Å²) in [6.07, 6.45) is -6.24. The summed E-state index contributed by atoms with van der Waals surface area (Å²) < 4.78 is 82.4. The van der Waals surface area contributed by atoms with E-state index in [1.165, 1.54) is 6.07 Å². The molecule has 0 aliphatic carbocycles. The molecular formula is C20H17F4NO3S. The maximum Gasteiger partial charge on any atom is 0.389 e. The van der Waals surface area contributed by atoms with Crippen molar-refractivity contribution in [3.05, 3.63) is 66.5 Å². The van der Waals surface area contributed by atoms with Gasteiger partial charge in [-0.2, -0.15) is 13.2 Å². The van der Waals surface area contributed by atoms with E-state index in [4.69, 9.17) is 4.74 Å². The number of nitrogens with one attached hydrogen (secondary N) is 1. The smallest absolute Gasteiger partial charge is 0.389 e. The van der Waals surface area contributed by atoms with Crippen LogP contribution in [0.25, 0.3) is 10.8 Å². The molecule has 3 aromatic carbocycles. The van der Waals surface area contributed by atoms with E-state index in [1.54, 1.807) is 12.1 Å². The molecule has 0 radical (unpaired) electrons. The number of halogens is 4. The van der Waals surface area contributed by atoms with Crippen molar-refractivity contribution in [2.75, 3.05) is 10.5 Å². The Balaban J connectivity index is 1.78. The highest BCUT2D eigenvalue weighted by atomic mass is 32.2. The van der Waals surface area contributed by atoms with E-state index in [9.17, 15) is 26.0 Å². The summed E-state index contributed by atoms with van der Waals surface area (Å²) in [6.45, 7) is 0. The minimum atomic E-state index is -4.44. The first-order chi connectivity index (χ1) is 13.6. The fourth-order valence-corrected chi connectivity index (χ4v) is 3.89. The normalized spacial score (nSPS) is 12.1. The number of hydrogen-bond acceptors (Lipinski definition) is 3. The van der Waals surface area contributed by atoms with Crippen LogP contribution in [0.4, 0.5) is 23.2 Å². The summed E-state index contributed by atoms with van der Waals surface area (Å²) in [5.74, 6) is -0.986. The molecule has 0 aliphatic heterocycles. The van der Waals surface area contributed by atoms with Crippen LogP contribution in [0.5, 0.6) is 11.5 Å². The fourth-order valence-electron chi connectivity index (χ4n) is 2.79. The molecule has 3 aromatic rings. The van der Waals surface area contributed by atoms with Gasteiger partial charge in [-0.15, -0.1) is 0 Å². The number of hydrogen-bond donors (Lipinski definition) is 1. The molecule has 0 saturated heterocycles. The maximum atomic E-state index is 14.0. The fraction of sp³-hybridized carbons (Fsp3) is 0.200. The Morgan fingerprint density at radius 2 is 1.69 bits per heavy atom. The van der Waals surface area contributed by atoms with Crippen molar-refractivity contribution in [2.24, 2.45) is 0 Å². The minimum Gasteiger partial charge on any atom is -0.457 e. The Morgan fingerprint density at radius 1 is 0.966 bits per heavy atom. The lowest BCUT2D eigenvalue weighted by Crippen LogP contribution is -2.19. The van der Waals surface area contributed by atoms with Crippen molar-refractivity contribution < 1.29 is 30.7 Å². The van der Waals surface area contributed by atoms with Crippen LogP contribution in [0.3, 0.4) is 0 Å². The first kappa shape index (κ1) is 20.9. The van der Waals surface area contributed by atoms with Gasteiger partial charge in [0.2, 0.25) is 10.0 Å². The van der Waals surface area contributed by atoms with E-state index in [2.05, 4.69) is 4.72 Å². The van der Waals surface area contributed by atoms with Gasteiger partial charge >= 0.3 is 6.18 Å². The van der Waals surface area contributed by atoms with Crippen LogP contribution in [0.1, 0.15) is 12.8 Å². The van der Waals surface area contributed by atoms with Gasteiger partial charge in [0.25, 0.3) is 0 Å². The molecule has 0 unspecified atom stereocenters. The second kappa shape index (κ2) is 8.28. The molecule has 0 aliphatic rings. The van der Waals surface area contributed by atoms with Crippen LogP contribution >= 0.6 is 0 Å². The predicted molar refractivity (Wildman–Crippen MR) is 103 cm³/mol. The summed E-state index contributed by atoms with van der Waals surface area (Å²) in [7, 11) is -4.07. The van der Waals surface area contributed by atoms with Crippen LogP contribution in [-0.4, -0.2) is 20.3 Å². The Morgan fingerprint density at radius 3 is 2.45 bits per heavy atom. The van der Waals surface area contributed by atoms with Gasteiger partial charge in [0.05, 0.1) is 11.4 Å². The van der Waals surface area contributed by atoms with Gasteiger partial charge < -0.3 is 4.74 Å². The van der Waals surface area contributed by atoms with Gasteiger partial charge in [0.1, 0.15) is 17.3 Å². The van der Waals surface area contributed by atoms with Crippen molar-refractivity contribution in [3.63, 3.8) is 0 Å². The van der Waals surface area contributed by atoms with Crippen molar-refractivity contribution >= 4 is 26.5 Å². The van der Waals surface area contributed by atoms with E-state index in [0.29, 0.717) is 5.75 Å². The van der Waals surface area contributed by atoms with Gasteiger partial charge in [0, 0.05) is 23.9 Å². The lowest BCUT2D eigenvalue weighted by atomic mass is 10.1. The summed E-state index contributed by atoms with van der Waals surface area (Å²) >= 11 is 0. The van der Waals surface area contributed by atoms with Crippen molar-refractivity contribution in [3.8, 4) is 11.5 Å². The first-order valence-electron chi connectivity index (χ1n) is 8.65. The van der Waals surface area contributed by atoms with Crippen LogP contribution in [0.2, 0.25) is 0 Å². The number of sulfonamides is 1. The quantitative estimate of drug-likeness (QED) is 0.481. The Hall–Kier alpha value is -2.81.